The Bertz CT molecular complexity index is 416. The van der Waals surface area contributed by atoms with Gasteiger partial charge in [0.05, 0.1) is 0 Å². The van der Waals surface area contributed by atoms with Crippen molar-refractivity contribution in [3.8, 4) is 0 Å². The van der Waals surface area contributed by atoms with E-state index in [-0.39, 0.29) is 24.0 Å². The molecular weight excluding hydrogens is 240 g/mol. The minimum Gasteiger partial charge on any atom is -0.409 e. The second-order valence-electron chi connectivity index (χ2n) is 3.56. The van der Waals surface area contributed by atoms with E-state index in [0.717, 1.165) is 0 Å². The Balaban J connectivity index is 2.31. The number of carbonyl (C=O) groups is 1. The average molecular weight is 256 g/mol. The van der Waals surface area contributed by atoms with Crippen molar-refractivity contribution in [1.29, 1.82) is 0 Å². The Morgan fingerprint density at radius 1 is 1.72 bits per heavy atom. The lowest BCUT2D eigenvalue weighted by molar-refractivity contribution is 0.0943. The van der Waals surface area contributed by atoms with Gasteiger partial charge in [-0.2, -0.15) is 0 Å². The van der Waals surface area contributed by atoms with Crippen molar-refractivity contribution >= 4 is 11.7 Å². The summed E-state index contributed by atoms with van der Waals surface area (Å²) in [6.07, 6.45) is 0.981. The lowest BCUT2D eigenvalue weighted by atomic mass is 10.3. The smallest absolute Gasteiger partial charge is 0.273 e. The largest absolute Gasteiger partial charge is 0.409 e. The van der Waals surface area contributed by atoms with Gasteiger partial charge >= 0.3 is 0 Å². The summed E-state index contributed by atoms with van der Waals surface area (Å²) >= 11 is 0. The lowest BCUT2D eigenvalue weighted by Gasteiger charge is -2.01. The number of aromatic nitrogens is 1. The van der Waals surface area contributed by atoms with Crippen LogP contribution in [0.15, 0.2) is 15.7 Å². The standard InChI is InChI=1S/C10H16N4O4/c1-17-6-7-5-8(14-18-7)10(15)12-4-2-3-9(11)13-16/h5,16H,2-4,6H2,1H3,(H2,11,13)(H,12,15). The quantitative estimate of drug-likeness (QED) is 0.209. The molecule has 1 amide bonds. The summed E-state index contributed by atoms with van der Waals surface area (Å²) in [5, 5.41) is 17.4. The molecule has 0 aliphatic rings. The second-order valence-corrected chi connectivity index (χ2v) is 3.56. The molecule has 1 heterocycles. The lowest BCUT2D eigenvalue weighted by Crippen LogP contribution is -2.25. The number of nitrogens with two attached hydrogens (primary N) is 1. The minimum atomic E-state index is -0.333. The molecule has 8 nitrogen and oxygen atoms in total. The van der Waals surface area contributed by atoms with E-state index in [1.54, 1.807) is 0 Å². The Kier molecular flexibility index (Phi) is 5.65. The molecule has 0 aromatic carbocycles. The van der Waals surface area contributed by atoms with Gasteiger partial charge in [-0.05, 0) is 6.42 Å². The van der Waals surface area contributed by atoms with Crippen LogP contribution in [0.1, 0.15) is 29.1 Å². The number of methoxy groups -OCH3 is 1. The predicted molar refractivity (Wildman–Crippen MR) is 62.2 cm³/mol. The van der Waals surface area contributed by atoms with E-state index in [4.69, 9.17) is 20.2 Å². The van der Waals surface area contributed by atoms with Crippen molar-refractivity contribution in [2.45, 2.75) is 19.4 Å². The van der Waals surface area contributed by atoms with E-state index < -0.39 is 0 Å². The summed E-state index contributed by atoms with van der Waals surface area (Å²) in [5.74, 6) is 0.285. The molecule has 18 heavy (non-hydrogen) atoms. The Morgan fingerprint density at radius 2 is 2.50 bits per heavy atom. The molecule has 0 spiro atoms. The zero-order chi connectivity index (χ0) is 13.4. The molecule has 0 atom stereocenters. The highest BCUT2D eigenvalue weighted by Crippen LogP contribution is 2.04. The van der Waals surface area contributed by atoms with Crippen LogP contribution in [0.25, 0.3) is 0 Å². The van der Waals surface area contributed by atoms with Gasteiger partial charge in [0.1, 0.15) is 12.4 Å². The van der Waals surface area contributed by atoms with Crippen LogP contribution in [0.5, 0.6) is 0 Å². The van der Waals surface area contributed by atoms with Gasteiger partial charge in [-0.3, -0.25) is 4.79 Å². The van der Waals surface area contributed by atoms with Crippen molar-refractivity contribution in [1.82, 2.24) is 10.5 Å². The summed E-state index contributed by atoms with van der Waals surface area (Å²) < 4.78 is 9.72. The third-order valence-corrected chi connectivity index (χ3v) is 2.10. The molecule has 100 valence electrons. The number of rotatable bonds is 7. The van der Waals surface area contributed by atoms with E-state index >= 15 is 0 Å². The van der Waals surface area contributed by atoms with Crippen LogP contribution in [0.2, 0.25) is 0 Å². The third kappa shape index (κ3) is 4.42. The topological polar surface area (TPSA) is 123 Å². The molecule has 0 saturated heterocycles. The van der Waals surface area contributed by atoms with E-state index in [1.807, 2.05) is 0 Å². The molecule has 0 saturated carbocycles. The first-order chi connectivity index (χ1) is 8.67. The van der Waals surface area contributed by atoms with Crippen molar-refractivity contribution in [3.05, 3.63) is 17.5 Å². The first-order valence-corrected chi connectivity index (χ1v) is 5.36. The molecule has 8 heteroatoms. The van der Waals surface area contributed by atoms with Crippen LogP contribution in [-0.2, 0) is 11.3 Å². The molecule has 4 N–H and O–H groups in total. The van der Waals surface area contributed by atoms with Gasteiger partial charge in [0.2, 0.25) is 0 Å². The predicted octanol–water partition coefficient (Wildman–Crippen LogP) is 0.0774. The molecular formula is C10H16N4O4. The average Bonchev–Trinajstić information content (AvgIpc) is 2.83. The fourth-order valence-corrected chi connectivity index (χ4v) is 1.24. The van der Waals surface area contributed by atoms with Gasteiger partial charge in [0.15, 0.2) is 11.5 Å². The highest BCUT2D eigenvalue weighted by molar-refractivity contribution is 5.92. The number of amidine groups is 1. The number of amides is 1. The Morgan fingerprint density at radius 3 is 3.17 bits per heavy atom. The van der Waals surface area contributed by atoms with Crippen LogP contribution in [-0.4, -0.2) is 35.8 Å². The molecule has 0 unspecified atom stereocenters. The molecule has 1 rings (SSSR count). The highest BCUT2D eigenvalue weighted by Gasteiger charge is 2.11. The van der Waals surface area contributed by atoms with Crippen molar-refractivity contribution in [3.63, 3.8) is 0 Å². The summed E-state index contributed by atoms with van der Waals surface area (Å²) in [4.78, 5) is 11.6. The molecule has 0 radical (unpaired) electrons. The zero-order valence-electron chi connectivity index (χ0n) is 10.0. The number of carbonyl (C=O) groups excluding carboxylic acids is 1. The van der Waals surface area contributed by atoms with Crippen LogP contribution >= 0.6 is 0 Å². The van der Waals surface area contributed by atoms with E-state index in [0.29, 0.717) is 25.1 Å². The maximum Gasteiger partial charge on any atom is 0.273 e. The van der Waals surface area contributed by atoms with Crippen molar-refractivity contribution < 1.29 is 19.3 Å². The summed E-state index contributed by atoms with van der Waals surface area (Å²) in [7, 11) is 1.52. The molecule has 1 aromatic heterocycles. The highest BCUT2D eigenvalue weighted by atomic mass is 16.5. The molecule has 0 aliphatic carbocycles. The second kappa shape index (κ2) is 7.28. The minimum absolute atomic E-state index is 0.132. The fraction of sp³-hybridized carbons (Fsp3) is 0.500. The van der Waals surface area contributed by atoms with Crippen LogP contribution in [0.3, 0.4) is 0 Å². The Labute approximate surface area is 104 Å². The van der Waals surface area contributed by atoms with Crippen molar-refractivity contribution in [2.75, 3.05) is 13.7 Å². The Hall–Kier alpha value is -2.09. The summed E-state index contributed by atoms with van der Waals surface area (Å²) in [5.41, 5.74) is 5.48. The van der Waals surface area contributed by atoms with Crippen molar-refractivity contribution in [2.24, 2.45) is 10.9 Å². The van der Waals surface area contributed by atoms with Crippen LogP contribution in [0.4, 0.5) is 0 Å². The number of ether oxygens (including phenoxy) is 1. The van der Waals surface area contributed by atoms with Gasteiger partial charge in [-0.25, -0.2) is 0 Å². The monoisotopic (exact) mass is 256 g/mol. The summed E-state index contributed by atoms with van der Waals surface area (Å²) in [6.45, 7) is 0.672. The number of hydrogen-bond donors (Lipinski definition) is 3. The molecule has 0 aliphatic heterocycles. The van der Waals surface area contributed by atoms with E-state index in [9.17, 15) is 4.79 Å². The number of hydrogen-bond acceptors (Lipinski definition) is 6. The maximum atomic E-state index is 11.6. The number of nitrogens with one attached hydrogen (secondary N) is 1. The van der Waals surface area contributed by atoms with Gasteiger partial charge in [-0.15, -0.1) is 0 Å². The van der Waals surface area contributed by atoms with E-state index in [1.165, 1.54) is 13.2 Å². The first-order valence-electron chi connectivity index (χ1n) is 5.36. The maximum absolute atomic E-state index is 11.6. The zero-order valence-corrected chi connectivity index (χ0v) is 10.0. The summed E-state index contributed by atoms with van der Waals surface area (Å²) in [6, 6.07) is 1.52. The third-order valence-electron chi connectivity index (χ3n) is 2.10. The first kappa shape index (κ1) is 14.0. The number of oxime groups is 1. The normalized spacial score (nSPS) is 11.5. The molecule has 1 aromatic rings. The number of nitrogens with zero attached hydrogens (tertiary/aromatic N) is 2. The SMILES string of the molecule is COCc1cc(C(=O)NCCCC(N)=NO)no1. The van der Waals surface area contributed by atoms with Crippen LogP contribution in [0, 0.1) is 0 Å². The van der Waals surface area contributed by atoms with Crippen LogP contribution < -0.4 is 11.1 Å². The van der Waals surface area contributed by atoms with Gasteiger partial charge < -0.3 is 25.5 Å². The van der Waals surface area contributed by atoms with E-state index in [2.05, 4.69) is 15.6 Å². The molecule has 0 fully saturated rings. The molecule has 0 bridgehead atoms. The van der Waals surface area contributed by atoms with Gasteiger partial charge in [0.25, 0.3) is 5.91 Å². The van der Waals surface area contributed by atoms with Gasteiger partial charge in [-0.1, -0.05) is 10.3 Å². The van der Waals surface area contributed by atoms with Gasteiger partial charge in [0, 0.05) is 26.1 Å². The fourth-order valence-electron chi connectivity index (χ4n) is 1.24.